The third-order valence-electron chi connectivity index (χ3n) is 10.8. The van der Waals surface area contributed by atoms with Crippen molar-refractivity contribution in [2.24, 2.45) is 39.5 Å². The highest BCUT2D eigenvalue weighted by Crippen LogP contribution is 2.68. The number of halogens is 1. The number of hydrogen-bond donors (Lipinski definition) is 2. The fraction of sp³-hybridized carbons (Fsp3) is 0.750. The molecule has 0 unspecified atom stereocenters. The van der Waals surface area contributed by atoms with Gasteiger partial charge in [0.25, 0.3) is 0 Å². The maximum atomic E-state index is 11.9. The van der Waals surface area contributed by atoms with Gasteiger partial charge in [0.15, 0.2) is 11.5 Å². The number of aliphatic imine (C=N–C) groups is 1. The van der Waals surface area contributed by atoms with E-state index in [9.17, 15) is 10.2 Å². The lowest BCUT2D eigenvalue weighted by Crippen LogP contribution is -2.56. The van der Waals surface area contributed by atoms with Gasteiger partial charge in [0, 0.05) is 21.7 Å². The monoisotopic (exact) mass is 517 g/mol. The third-order valence-corrected chi connectivity index (χ3v) is 11.2. The Hall–Kier alpha value is -1.07. The van der Waals surface area contributed by atoms with Crippen LogP contribution in [0.5, 0.6) is 11.5 Å². The molecular weight excluding hydrogens is 478 g/mol. The molecule has 4 nitrogen and oxygen atoms in total. The van der Waals surface area contributed by atoms with Gasteiger partial charge in [0.1, 0.15) is 0 Å². The van der Waals surface area contributed by atoms with E-state index in [2.05, 4.69) is 34.8 Å². The van der Waals surface area contributed by atoms with Crippen molar-refractivity contribution in [3.8, 4) is 11.5 Å². The zero-order chi connectivity index (χ0) is 23.4. The lowest BCUT2D eigenvalue weighted by Gasteiger charge is -2.61. The van der Waals surface area contributed by atoms with Crippen molar-refractivity contribution in [2.45, 2.75) is 83.7 Å². The lowest BCUT2D eigenvalue weighted by atomic mass is 9.44. The minimum Gasteiger partial charge on any atom is -0.504 e. The van der Waals surface area contributed by atoms with Gasteiger partial charge in [-0.2, -0.15) is 0 Å². The molecule has 0 saturated heterocycles. The van der Waals surface area contributed by atoms with Crippen LogP contribution in [0.4, 0.5) is 0 Å². The highest BCUT2D eigenvalue weighted by atomic mass is 79.9. The van der Waals surface area contributed by atoms with Crippen LogP contribution in [0.2, 0.25) is 0 Å². The molecule has 0 radical (unpaired) electrons. The molecule has 0 aromatic heterocycles. The molecule has 1 aromatic carbocycles. The number of phenols is 1. The van der Waals surface area contributed by atoms with E-state index in [0.717, 1.165) is 41.5 Å². The quantitative estimate of drug-likeness (QED) is 0.434. The van der Waals surface area contributed by atoms with Gasteiger partial charge >= 0.3 is 0 Å². The molecule has 4 fully saturated rings. The van der Waals surface area contributed by atoms with Gasteiger partial charge in [-0.3, -0.25) is 4.99 Å². The standard InChI is InChI=1S/C28H40BrNO3/c1-26-11-5-4-6-19(26)7-8-21-22(26)9-12-27(2)23(21)10-13-28(27,32)17-30-16-18-14-20(29)15-24(33-3)25(18)31/h14-16,19,21-23,31-32H,4-13,17H2,1-3H3/t19-,21+,22-,23-,26-,27-,28-/m0/s1. The van der Waals surface area contributed by atoms with Crippen LogP contribution in [-0.4, -0.2) is 35.7 Å². The van der Waals surface area contributed by atoms with Crippen LogP contribution in [0.15, 0.2) is 21.6 Å². The Kier molecular flexibility index (Phi) is 6.13. The van der Waals surface area contributed by atoms with Gasteiger partial charge in [-0.25, -0.2) is 0 Å². The Morgan fingerprint density at radius 1 is 1.06 bits per heavy atom. The molecule has 5 rings (SSSR count). The first-order chi connectivity index (χ1) is 15.7. The molecule has 0 spiro atoms. The van der Waals surface area contributed by atoms with E-state index in [-0.39, 0.29) is 11.2 Å². The summed E-state index contributed by atoms with van der Waals surface area (Å²) in [6.45, 7) is 5.36. The average molecular weight is 519 g/mol. The van der Waals surface area contributed by atoms with Crippen LogP contribution in [0, 0.1) is 34.5 Å². The Morgan fingerprint density at radius 3 is 2.64 bits per heavy atom. The van der Waals surface area contributed by atoms with Gasteiger partial charge < -0.3 is 14.9 Å². The minimum atomic E-state index is -0.769. The molecule has 2 N–H and O–H groups in total. The molecule has 5 heteroatoms. The number of aliphatic hydroxyl groups is 1. The summed E-state index contributed by atoms with van der Waals surface area (Å²) in [6.07, 6.45) is 14.5. The van der Waals surface area contributed by atoms with Crippen molar-refractivity contribution in [3.05, 3.63) is 22.2 Å². The number of hydrogen-bond acceptors (Lipinski definition) is 4. The summed E-state index contributed by atoms with van der Waals surface area (Å²) in [7, 11) is 1.54. The molecule has 4 aliphatic rings. The highest BCUT2D eigenvalue weighted by Gasteiger charge is 2.64. The maximum absolute atomic E-state index is 11.9. The molecule has 0 amide bonds. The summed E-state index contributed by atoms with van der Waals surface area (Å²) in [5, 5.41) is 22.4. The van der Waals surface area contributed by atoms with E-state index >= 15 is 0 Å². The molecule has 33 heavy (non-hydrogen) atoms. The van der Waals surface area contributed by atoms with E-state index in [1.807, 2.05) is 6.07 Å². The molecule has 4 saturated carbocycles. The maximum Gasteiger partial charge on any atom is 0.166 e. The second kappa shape index (κ2) is 8.55. The largest absolute Gasteiger partial charge is 0.504 e. The average Bonchev–Trinajstić information content (AvgIpc) is 3.06. The van der Waals surface area contributed by atoms with Crippen LogP contribution < -0.4 is 4.74 Å². The van der Waals surface area contributed by atoms with Crippen LogP contribution in [0.1, 0.15) is 83.6 Å². The molecule has 4 aliphatic carbocycles. The molecule has 1 aromatic rings. The highest BCUT2D eigenvalue weighted by molar-refractivity contribution is 9.10. The number of nitrogens with zero attached hydrogens (tertiary/aromatic N) is 1. The zero-order valence-electron chi connectivity index (χ0n) is 20.4. The molecule has 7 atom stereocenters. The van der Waals surface area contributed by atoms with Crippen LogP contribution in [0.3, 0.4) is 0 Å². The number of methoxy groups -OCH3 is 1. The second-order valence-corrected chi connectivity index (χ2v) is 12.9. The predicted octanol–water partition coefficient (Wildman–Crippen LogP) is 6.75. The molecule has 0 aliphatic heterocycles. The van der Waals surface area contributed by atoms with Gasteiger partial charge in [-0.15, -0.1) is 0 Å². The number of benzene rings is 1. The van der Waals surface area contributed by atoms with E-state index in [1.54, 1.807) is 19.4 Å². The Balaban J connectivity index is 1.35. The van der Waals surface area contributed by atoms with E-state index < -0.39 is 5.60 Å². The van der Waals surface area contributed by atoms with Gasteiger partial charge in [-0.1, -0.05) is 42.6 Å². The number of ether oxygens (including phenoxy) is 1. The van der Waals surface area contributed by atoms with E-state index in [0.29, 0.717) is 29.2 Å². The summed E-state index contributed by atoms with van der Waals surface area (Å²) in [6, 6.07) is 3.57. The van der Waals surface area contributed by atoms with Crippen molar-refractivity contribution in [1.29, 1.82) is 0 Å². The number of rotatable bonds is 4. The van der Waals surface area contributed by atoms with Crippen LogP contribution in [-0.2, 0) is 0 Å². The fourth-order valence-electron chi connectivity index (χ4n) is 8.81. The third kappa shape index (κ3) is 3.67. The SMILES string of the molecule is COc1cc(Br)cc(C=NC[C@@]2(O)CC[C@H]3[C@@H]4CC[C@@H]5CCCC[C@]5(C)[C@H]4CC[C@@]32C)c1O. The van der Waals surface area contributed by atoms with Gasteiger partial charge in [0.2, 0.25) is 0 Å². The minimum absolute atomic E-state index is 0.0691. The molecule has 182 valence electrons. The zero-order valence-corrected chi connectivity index (χ0v) is 22.0. The van der Waals surface area contributed by atoms with Gasteiger partial charge in [0.05, 0.1) is 19.3 Å². The number of phenolic OH excluding ortho intramolecular Hbond substituents is 1. The topological polar surface area (TPSA) is 62.0 Å². The van der Waals surface area contributed by atoms with Gasteiger partial charge in [-0.05, 0) is 92.6 Å². The summed E-state index contributed by atoms with van der Waals surface area (Å²) < 4.78 is 6.09. The first kappa shape index (κ1) is 23.7. The summed E-state index contributed by atoms with van der Waals surface area (Å²) in [5.41, 5.74) is 0.297. The van der Waals surface area contributed by atoms with Crippen molar-refractivity contribution >= 4 is 22.1 Å². The smallest absolute Gasteiger partial charge is 0.166 e. The summed E-state index contributed by atoms with van der Waals surface area (Å²) in [5.74, 6) is 3.64. The van der Waals surface area contributed by atoms with E-state index in [4.69, 9.17) is 4.74 Å². The summed E-state index contributed by atoms with van der Waals surface area (Å²) in [4.78, 5) is 4.68. The number of aromatic hydroxyl groups is 1. The van der Waals surface area contributed by atoms with E-state index in [1.165, 1.54) is 44.9 Å². The normalized spacial score (nSPS) is 42.6. The number of fused-ring (bicyclic) bond motifs is 5. The Labute approximate surface area is 207 Å². The molecular formula is C28H40BrNO3. The second-order valence-electron chi connectivity index (χ2n) is 11.9. The Morgan fingerprint density at radius 2 is 1.85 bits per heavy atom. The summed E-state index contributed by atoms with van der Waals surface area (Å²) >= 11 is 3.47. The van der Waals surface area contributed by atoms with Crippen molar-refractivity contribution in [1.82, 2.24) is 0 Å². The fourth-order valence-corrected chi connectivity index (χ4v) is 9.26. The Bertz CT molecular complexity index is 934. The van der Waals surface area contributed by atoms with Crippen molar-refractivity contribution < 1.29 is 14.9 Å². The molecule has 0 bridgehead atoms. The predicted molar refractivity (Wildman–Crippen MR) is 136 cm³/mol. The van der Waals surface area contributed by atoms with Crippen LogP contribution >= 0.6 is 15.9 Å². The van der Waals surface area contributed by atoms with Crippen molar-refractivity contribution in [3.63, 3.8) is 0 Å². The first-order valence-electron chi connectivity index (χ1n) is 13.0. The molecule has 0 heterocycles. The van der Waals surface area contributed by atoms with Crippen LogP contribution in [0.25, 0.3) is 0 Å². The first-order valence-corrected chi connectivity index (χ1v) is 13.8. The van der Waals surface area contributed by atoms with Crippen molar-refractivity contribution in [2.75, 3.05) is 13.7 Å². The lowest BCUT2D eigenvalue weighted by molar-refractivity contribution is -0.147.